The summed E-state index contributed by atoms with van der Waals surface area (Å²) in [6.07, 6.45) is 2.23. The normalized spacial score (nSPS) is 21.3. The molecule has 1 N–H and O–H groups in total. The van der Waals surface area contributed by atoms with Crippen LogP contribution >= 0.6 is 34.8 Å². The summed E-state index contributed by atoms with van der Waals surface area (Å²) in [5, 5.41) is 8.95. The fraction of sp³-hybridized carbons (Fsp3) is 0.444. The smallest absolute Gasteiger partial charge is 0.344 e. The van der Waals surface area contributed by atoms with E-state index in [1.807, 2.05) is 0 Å². The molecule has 1 aliphatic carbocycles. The second kappa shape index (κ2) is 4.64. The molecule has 0 saturated heterocycles. The highest BCUT2D eigenvalue weighted by atomic mass is 35.5. The molecule has 1 rings (SSSR count). The summed E-state index contributed by atoms with van der Waals surface area (Å²) in [5.41, 5.74) is 0. The molecule has 0 aromatic rings. The third-order valence-corrected chi connectivity index (χ3v) is 2.63. The topological polar surface area (TPSA) is 46.5 Å². The van der Waals surface area contributed by atoms with Crippen molar-refractivity contribution in [2.24, 2.45) is 0 Å². The second-order valence-corrected chi connectivity index (χ2v) is 5.14. The molecule has 3 nitrogen and oxygen atoms in total. The molecule has 0 amide bonds. The summed E-state index contributed by atoms with van der Waals surface area (Å²) in [6, 6.07) is 0. The highest BCUT2D eigenvalue weighted by molar-refractivity contribution is 6.50. The Balaban J connectivity index is 2.73. The molecular formula is C9H9Cl3O3. The van der Waals surface area contributed by atoms with E-state index in [0.29, 0.717) is 10.8 Å². The summed E-state index contributed by atoms with van der Waals surface area (Å²) >= 11 is 17.5. The minimum atomic E-state index is -1.06. The van der Waals surface area contributed by atoms with E-state index in [2.05, 4.69) is 0 Å². The van der Waals surface area contributed by atoms with Gasteiger partial charge >= 0.3 is 5.97 Å². The number of carboxylic acid groups (broad SMARTS) is 1. The maximum Gasteiger partial charge on any atom is 0.344 e. The molecule has 0 aliphatic heterocycles. The third kappa shape index (κ3) is 3.59. The lowest BCUT2D eigenvalue weighted by atomic mass is 10.1. The first-order valence-corrected chi connectivity index (χ1v) is 5.30. The maximum atomic E-state index is 10.5. The van der Waals surface area contributed by atoms with E-state index in [-0.39, 0.29) is 6.42 Å². The second-order valence-electron chi connectivity index (χ2n) is 3.14. The van der Waals surface area contributed by atoms with E-state index < -0.39 is 16.4 Å². The van der Waals surface area contributed by atoms with Gasteiger partial charge in [-0.15, -0.1) is 0 Å². The van der Waals surface area contributed by atoms with E-state index in [0.717, 1.165) is 0 Å². The van der Waals surface area contributed by atoms with Crippen molar-refractivity contribution in [3.63, 3.8) is 0 Å². The van der Waals surface area contributed by atoms with E-state index in [4.69, 9.17) is 44.6 Å². The van der Waals surface area contributed by atoms with Gasteiger partial charge in [-0.3, -0.25) is 0 Å². The summed E-state index contributed by atoms with van der Waals surface area (Å²) in [4.78, 5) is 10.5. The Morgan fingerprint density at radius 1 is 1.67 bits per heavy atom. The molecular weight excluding hydrogens is 262 g/mol. The predicted octanol–water partition coefficient (Wildman–Crippen LogP) is 3.06. The van der Waals surface area contributed by atoms with Gasteiger partial charge in [-0.2, -0.15) is 0 Å². The summed E-state index contributed by atoms with van der Waals surface area (Å²) < 4.78 is 4.06. The van der Waals surface area contributed by atoms with Crippen LogP contribution in [-0.2, 0) is 9.53 Å². The van der Waals surface area contributed by atoms with Crippen molar-refractivity contribution in [2.75, 3.05) is 0 Å². The van der Waals surface area contributed by atoms with Crippen molar-refractivity contribution in [3.05, 3.63) is 22.9 Å². The number of halogens is 3. The van der Waals surface area contributed by atoms with Crippen molar-refractivity contribution in [2.45, 2.75) is 23.8 Å². The van der Waals surface area contributed by atoms with Crippen LogP contribution in [0.1, 0.15) is 13.3 Å². The van der Waals surface area contributed by atoms with Crippen molar-refractivity contribution in [3.8, 4) is 0 Å². The summed E-state index contributed by atoms with van der Waals surface area (Å²) in [5.74, 6) is -0.766. The Labute approximate surface area is 102 Å². The minimum absolute atomic E-state index is 0.204. The fourth-order valence-electron chi connectivity index (χ4n) is 0.985. The van der Waals surface area contributed by atoms with Gasteiger partial charge in [0.25, 0.3) is 0 Å². The number of ether oxygens (including phenoxy) is 1. The lowest BCUT2D eigenvalue weighted by Gasteiger charge is -2.22. The quantitative estimate of drug-likeness (QED) is 0.803. The van der Waals surface area contributed by atoms with E-state index >= 15 is 0 Å². The summed E-state index contributed by atoms with van der Waals surface area (Å²) in [6.45, 7) is 1.41. The molecule has 0 spiro atoms. The van der Waals surface area contributed by atoms with Crippen LogP contribution in [-0.4, -0.2) is 21.5 Å². The van der Waals surface area contributed by atoms with Crippen LogP contribution in [0.5, 0.6) is 0 Å². The number of rotatable bonds is 3. The van der Waals surface area contributed by atoms with Crippen molar-refractivity contribution >= 4 is 40.8 Å². The minimum Gasteiger partial charge on any atom is -0.479 e. The molecule has 1 aliphatic rings. The number of hydrogen-bond acceptors (Lipinski definition) is 2. The van der Waals surface area contributed by atoms with E-state index in [1.54, 1.807) is 0 Å². The van der Waals surface area contributed by atoms with E-state index in [1.165, 1.54) is 19.1 Å². The van der Waals surface area contributed by atoms with Gasteiger partial charge in [0.2, 0.25) is 0 Å². The Kier molecular flexibility index (Phi) is 3.93. The standard InChI is InChI=1S/C9H9Cl3O3/c1-5(8(13)14)15-7-2-3-9(11,12)4-6(7)10/h2-3,5H,4H2,1H3,(H,13,14). The molecule has 1 unspecified atom stereocenters. The Morgan fingerprint density at radius 3 is 2.73 bits per heavy atom. The van der Waals surface area contributed by atoms with Crippen LogP contribution in [0, 0.1) is 0 Å². The van der Waals surface area contributed by atoms with Crippen LogP contribution in [0.4, 0.5) is 0 Å². The zero-order valence-corrected chi connectivity index (χ0v) is 10.1. The maximum absolute atomic E-state index is 10.5. The fourth-order valence-corrected chi connectivity index (χ4v) is 1.83. The van der Waals surface area contributed by atoms with Gasteiger partial charge in [0, 0.05) is 6.42 Å². The first-order valence-electron chi connectivity index (χ1n) is 4.17. The van der Waals surface area contributed by atoms with Gasteiger partial charge in [-0.05, 0) is 19.1 Å². The number of aliphatic carboxylic acids is 1. The predicted molar refractivity (Wildman–Crippen MR) is 59.3 cm³/mol. The molecule has 15 heavy (non-hydrogen) atoms. The Morgan fingerprint density at radius 2 is 2.27 bits per heavy atom. The van der Waals surface area contributed by atoms with Crippen LogP contribution < -0.4 is 0 Å². The lowest BCUT2D eigenvalue weighted by Crippen LogP contribution is -2.21. The molecule has 0 aromatic heterocycles. The van der Waals surface area contributed by atoms with Crippen LogP contribution in [0.15, 0.2) is 22.9 Å². The molecule has 0 bridgehead atoms. The highest BCUT2D eigenvalue weighted by Gasteiger charge is 2.28. The largest absolute Gasteiger partial charge is 0.479 e. The highest BCUT2D eigenvalue weighted by Crippen LogP contribution is 2.38. The summed E-state index contributed by atoms with van der Waals surface area (Å²) in [7, 11) is 0. The molecule has 0 aromatic carbocycles. The van der Waals surface area contributed by atoms with Gasteiger partial charge in [-0.1, -0.05) is 34.8 Å². The first-order chi connectivity index (χ1) is 6.82. The lowest BCUT2D eigenvalue weighted by molar-refractivity contribution is -0.146. The SMILES string of the molecule is CC(OC1=C(Cl)CC(Cl)(Cl)C=C1)C(=O)O. The van der Waals surface area contributed by atoms with Crippen molar-refractivity contribution < 1.29 is 14.6 Å². The number of carbonyl (C=O) groups is 1. The van der Waals surface area contributed by atoms with Crippen LogP contribution in [0.25, 0.3) is 0 Å². The van der Waals surface area contributed by atoms with E-state index in [9.17, 15) is 4.79 Å². The molecule has 0 heterocycles. The Hall–Kier alpha value is -0.380. The number of allylic oxidation sites excluding steroid dienone is 3. The molecule has 84 valence electrons. The zero-order valence-electron chi connectivity index (χ0n) is 7.84. The molecule has 0 saturated carbocycles. The molecule has 0 fully saturated rings. The van der Waals surface area contributed by atoms with Crippen LogP contribution in [0.3, 0.4) is 0 Å². The van der Waals surface area contributed by atoms with Gasteiger partial charge in [0.05, 0.1) is 5.03 Å². The average Bonchev–Trinajstić information content (AvgIpc) is 2.08. The third-order valence-electron chi connectivity index (χ3n) is 1.79. The van der Waals surface area contributed by atoms with Gasteiger partial charge in [-0.25, -0.2) is 4.79 Å². The van der Waals surface area contributed by atoms with Crippen molar-refractivity contribution in [1.29, 1.82) is 0 Å². The van der Waals surface area contributed by atoms with Gasteiger partial charge in [0.15, 0.2) is 6.10 Å². The average molecular weight is 272 g/mol. The molecule has 6 heteroatoms. The molecule has 0 radical (unpaired) electrons. The first kappa shape index (κ1) is 12.7. The molecule has 1 atom stereocenters. The van der Waals surface area contributed by atoms with Crippen molar-refractivity contribution in [1.82, 2.24) is 0 Å². The zero-order chi connectivity index (χ0) is 11.6. The number of alkyl halides is 2. The van der Waals surface area contributed by atoms with Gasteiger partial charge in [0.1, 0.15) is 10.1 Å². The Bertz CT molecular complexity index is 333. The monoisotopic (exact) mass is 270 g/mol. The number of hydrogen-bond donors (Lipinski definition) is 1. The van der Waals surface area contributed by atoms with Crippen LogP contribution in [0.2, 0.25) is 0 Å². The number of carboxylic acids is 1. The van der Waals surface area contributed by atoms with Gasteiger partial charge < -0.3 is 9.84 Å².